The van der Waals surface area contributed by atoms with Crippen LogP contribution in [0.4, 0.5) is 4.39 Å². The third-order valence-electron chi connectivity index (χ3n) is 3.55. The summed E-state index contributed by atoms with van der Waals surface area (Å²) in [5.41, 5.74) is 0.755. The third-order valence-corrected chi connectivity index (χ3v) is 4.85. The lowest BCUT2D eigenvalue weighted by molar-refractivity contribution is -0.130. The fourth-order valence-electron chi connectivity index (χ4n) is 2.36. The highest BCUT2D eigenvalue weighted by atomic mass is 32.2. The van der Waals surface area contributed by atoms with Crippen LogP contribution in [0.2, 0.25) is 0 Å². The number of nitrogens with zero attached hydrogens (tertiary/aromatic N) is 2. The normalized spacial score (nSPS) is 17.5. The number of hydrogen-bond acceptors (Lipinski definition) is 3. The van der Waals surface area contributed by atoms with Gasteiger partial charge in [-0.25, -0.2) is 17.1 Å². The van der Waals surface area contributed by atoms with Gasteiger partial charge in [0.2, 0.25) is 15.9 Å². The van der Waals surface area contributed by atoms with E-state index >= 15 is 0 Å². The Balaban J connectivity index is 1.95. The molecule has 1 aromatic rings. The smallest absolute Gasteiger partial charge is 0.227 e. The van der Waals surface area contributed by atoms with Gasteiger partial charge in [-0.05, 0) is 24.1 Å². The van der Waals surface area contributed by atoms with Crippen molar-refractivity contribution in [2.75, 3.05) is 32.4 Å². The Bertz CT molecular complexity index is 601. The van der Waals surface area contributed by atoms with Crippen molar-refractivity contribution >= 4 is 15.9 Å². The average molecular weight is 314 g/mol. The fourth-order valence-corrected chi connectivity index (χ4v) is 3.24. The summed E-state index contributed by atoms with van der Waals surface area (Å²) >= 11 is 0. The van der Waals surface area contributed by atoms with E-state index in [4.69, 9.17) is 0 Å². The first-order chi connectivity index (χ1) is 9.86. The molecule has 0 aromatic heterocycles. The quantitative estimate of drug-likeness (QED) is 0.831. The second-order valence-corrected chi connectivity index (χ2v) is 7.18. The first-order valence-corrected chi connectivity index (χ1v) is 8.68. The van der Waals surface area contributed by atoms with Crippen molar-refractivity contribution in [1.82, 2.24) is 9.21 Å². The summed E-state index contributed by atoms with van der Waals surface area (Å²) < 4.78 is 37.3. The molecule has 21 heavy (non-hydrogen) atoms. The van der Waals surface area contributed by atoms with Crippen LogP contribution in [0.15, 0.2) is 24.3 Å². The minimum atomic E-state index is -3.21. The average Bonchev–Trinajstić information content (AvgIpc) is 2.67. The number of amides is 1. The molecule has 1 fully saturated rings. The number of benzene rings is 1. The van der Waals surface area contributed by atoms with E-state index in [1.54, 1.807) is 17.0 Å². The lowest BCUT2D eigenvalue weighted by atomic mass is 10.1. The molecule has 1 amide bonds. The number of carbonyl (C=O) groups excluding carboxylic acids is 1. The summed E-state index contributed by atoms with van der Waals surface area (Å²) in [5.74, 6) is -0.387. The Morgan fingerprint density at radius 2 is 1.81 bits per heavy atom. The molecule has 1 saturated heterocycles. The first-order valence-electron chi connectivity index (χ1n) is 6.83. The van der Waals surface area contributed by atoms with Gasteiger partial charge >= 0.3 is 0 Å². The van der Waals surface area contributed by atoms with E-state index in [9.17, 15) is 17.6 Å². The van der Waals surface area contributed by atoms with Crippen LogP contribution in [0.25, 0.3) is 0 Å². The SMILES string of the molecule is CS(=O)(=O)N1CCCN(C(=O)Cc2ccc(F)cc2)CC1. The van der Waals surface area contributed by atoms with E-state index in [0.717, 1.165) is 5.56 Å². The third kappa shape index (κ3) is 4.50. The highest BCUT2D eigenvalue weighted by Gasteiger charge is 2.23. The van der Waals surface area contributed by atoms with E-state index in [0.29, 0.717) is 32.6 Å². The molecule has 1 heterocycles. The van der Waals surface area contributed by atoms with Crippen LogP contribution in [0.1, 0.15) is 12.0 Å². The van der Waals surface area contributed by atoms with Gasteiger partial charge in [-0.15, -0.1) is 0 Å². The van der Waals surface area contributed by atoms with E-state index in [1.165, 1.54) is 22.7 Å². The Morgan fingerprint density at radius 1 is 1.14 bits per heavy atom. The van der Waals surface area contributed by atoms with Gasteiger partial charge in [-0.3, -0.25) is 4.79 Å². The van der Waals surface area contributed by atoms with Gasteiger partial charge in [0.1, 0.15) is 5.82 Å². The highest BCUT2D eigenvalue weighted by Crippen LogP contribution is 2.10. The standard InChI is InChI=1S/C14H19FN2O3S/c1-21(19,20)17-8-2-7-16(9-10-17)14(18)11-12-3-5-13(15)6-4-12/h3-6H,2,7-11H2,1H3. The Kier molecular flexibility index (Phi) is 4.95. The van der Waals surface area contributed by atoms with Crippen molar-refractivity contribution in [1.29, 1.82) is 0 Å². The predicted octanol–water partition coefficient (Wildman–Crippen LogP) is 0.862. The largest absolute Gasteiger partial charge is 0.341 e. The number of halogens is 1. The Morgan fingerprint density at radius 3 is 2.43 bits per heavy atom. The lowest BCUT2D eigenvalue weighted by Crippen LogP contribution is -2.37. The van der Waals surface area contributed by atoms with E-state index in [2.05, 4.69) is 0 Å². The van der Waals surface area contributed by atoms with Crippen LogP contribution in [0, 0.1) is 5.82 Å². The molecule has 0 spiro atoms. The van der Waals surface area contributed by atoms with Gasteiger partial charge in [0.25, 0.3) is 0 Å². The predicted molar refractivity (Wildman–Crippen MR) is 77.7 cm³/mol. The first kappa shape index (κ1) is 15.9. The molecule has 0 bridgehead atoms. The van der Waals surface area contributed by atoms with Crippen LogP contribution in [-0.2, 0) is 21.2 Å². The fraction of sp³-hybridized carbons (Fsp3) is 0.500. The molecular weight excluding hydrogens is 295 g/mol. The summed E-state index contributed by atoms with van der Waals surface area (Å²) in [6.07, 6.45) is 2.02. The maximum absolute atomic E-state index is 12.8. The molecule has 0 saturated carbocycles. The summed E-state index contributed by atoms with van der Waals surface area (Å²) in [5, 5.41) is 0. The van der Waals surface area contributed by atoms with E-state index < -0.39 is 10.0 Å². The molecule has 7 heteroatoms. The minimum Gasteiger partial charge on any atom is -0.341 e. The number of rotatable bonds is 3. The minimum absolute atomic E-state index is 0.0584. The van der Waals surface area contributed by atoms with Gasteiger partial charge in [-0.1, -0.05) is 12.1 Å². The summed E-state index contributed by atoms with van der Waals surface area (Å²) in [6.45, 7) is 1.71. The Labute approximate surface area is 124 Å². The summed E-state index contributed by atoms with van der Waals surface area (Å²) in [4.78, 5) is 13.9. The van der Waals surface area contributed by atoms with Crippen molar-refractivity contribution in [2.24, 2.45) is 0 Å². The molecule has 5 nitrogen and oxygen atoms in total. The molecule has 1 aliphatic rings. The Hall–Kier alpha value is -1.47. The van der Waals surface area contributed by atoms with Crippen LogP contribution in [0.5, 0.6) is 0 Å². The van der Waals surface area contributed by atoms with Gasteiger partial charge in [0, 0.05) is 26.2 Å². The molecule has 1 aromatic carbocycles. The number of carbonyl (C=O) groups is 1. The van der Waals surface area contributed by atoms with E-state index in [1.807, 2.05) is 0 Å². The molecule has 1 aliphatic heterocycles. The molecular formula is C14H19FN2O3S. The van der Waals surface area contributed by atoms with Gasteiger partial charge in [-0.2, -0.15) is 0 Å². The van der Waals surface area contributed by atoms with Gasteiger partial charge in [0.15, 0.2) is 0 Å². The monoisotopic (exact) mass is 314 g/mol. The van der Waals surface area contributed by atoms with E-state index in [-0.39, 0.29) is 18.1 Å². The second-order valence-electron chi connectivity index (χ2n) is 5.20. The number of sulfonamides is 1. The van der Waals surface area contributed by atoms with Crippen LogP contribution < -0.4 is 0 Å². The van der Waals surface area contributed by atoms with Crippen molar-refractivity contribution in [3.8, 4) is 0 Å². The molecule has 116 valence electrons. The highest BCUT2D eigenvalue weighted by molar-refractivity contribution is 7.88. The molecule has 0 N–H and O–H groups in total. The molecule has 2 rings (SSSR count). The number of hydrogen-bond donors (Lipinski definition) is 0. The zero-order valence-electron chi connectivity index (χ0n) is 12.0. The van der Waals surface area contributed by atoms with Gasteiger partial charge in [0.05, 0.1) is 12.7 Å². The summed E-state index contributed by atoms with van der Waals surface area (Å²) in [7, 11) is -3.21. The van der Waals surface area contributed by atoms with Crippen LogP contribution in [0.3, 0.4) is 0 Å². The van der Waals surface area contributed by atoms with Crippen LogP contribution >= 0.6 is 0 Å². The maximum atomic E-state index is 12.8. The lowest BCUT2D eigenvalue weighted by Gasteiger charge is -2.21. The molecule has 0 aliphatic carbocycles. The zero-order valence-corrected chi connectivity index (χ0v) is 12.8. The molecule has 0 radical (unpaired) electrons. The van der Waals surface area contributed by atoms with Crippen molar-refractivity contribution in [3.63, 3.8) is 0 Å². The van der Waals surface area contributed by atoms with Crippen LogP contribution in [-0.4, -0.2) is 56.0 Å². The zero-order chi connectivity index (χ0) is 15.5. The summed E-state index contributed by atoms with van der Waals surface area (Å²) in [6, 6.07) is 5.84. The van der Waals surface area contributed by atoms with Crippen molar-refractivity contribution in [2.45, 2.75) is 12.8 Å². The molecule has 0 atom stereocenters. The second kappa shape index (κ2) is 6.53. The maximum Gasteiger partial charge on any atom is 0.227 e. The van der Waals surface area contributed by atoms with Crippen molar-refractivity contribution in [3.05, 3.63) is 35.6 Å². The van der Waals surface area contributed by atoms with Crippen molar-refractivity contribution < 1.29 is 17.6 Å². The topological polar surface area (TPSA) is 57.7 Å². The molecule has 0 unspecified atom stereocenters. The van der Waals surface area contributed by atoms with Gasteiger partial charge < -0.3 is 4.90 Å².